The van der Waals surface area contributed by atoms with Crippen LogP contribution in [0.2, 0.25) is 0 Å². The zero-order valence-corrected chi connectivity index (χ0v) is 16.7. The van der Waals surface area contributed by atoms with Gasteiger partial charge < -0.3 is 28.4 Å². The Morgan fingerprint density at radius 1 is 1.12 bits per heavy atom. The number of carbonyl (C=O) groups is 1. The summed E-state index contributed by atoms with van der Waals surface area (Å²) < 4.78 is 35.3. The molecule has 0 saturated carbocycles. The lowest BCUT2D eigenvalue weighted by atomic mass is 10.0. The van der Waals surface area contributed by atoms with E-state index >= 15 is 0 Å². The average molecular weight is 372 g/mol. The maximum absolute atomic E-state index is 12.6. The summed E-state index contributed by atoms with van der Waals surface area (Å²) in [6.07, 6.45) is 0.398. The van der Waals surface area contributed by atoms with Crippen molar-refractivity contribution in [1.82, 2.24) is 0 Å². The third kappa shape index (κ3) is 4.22. The highest BCUT2D eigenvalue weighted by atomic mass is 16.8. The molecule has 7 heteroatoms. The summed E-state index contributed by atoms with van der Waals surface area (Å²) in [7, 11) is 0. The predicted octanol–water partition coefficient (Wildman–Crippen LogP) is 2.75. The maximum Gasteiger partial charge on any atom is 0.309 e. The summed E-state index contributed by atoms with van der Waals surface area (Å²) in [4.78, 5) is 12.6. The predicted molar refractivity (Wildman–Crippen MR) is 92.2 cm³/mol. The van der Waals surface area contributed by atoms with E-state index in [0.29, 0.717) is 6.61 Å². The minimum absolute atomic E-state index is 0.165. The van der Waals surface area contributed by atoms with Gasteiger partial charge in [-0.05, 0) is 34.1 Å². The van der Waals surface area contributed by atoms with E-state index in [1.54, 1.807) is 0 Å². The number of hydrogen-bond acceptors (Lipinski definition) is 7. The van der Waals surface area contributed by atoms with Crippen LogP contribution in [0.5, 0.6) is 0 Å². The van der Waals surface area contributed by atoms with Crippen LogP contribution in [-0.4, -0.2) is 54.9 Å². The minimum atomic E-state index is -0.773. The Morgan fingerprint density at radius 2 is 1.85 bits per heavy atom. The molecule has 3 rings (SSSR count). The molecule has 0 aromatic rings. The minimum Gasteiger partial charge on any atom is -0.456 e. The third-order valence-corrected chi connectivity index (χ3v) is 5.07. The second-order valence-corrected chi connectivity index (χ2v) is 8.38. The molecule has 26 heavy (non-hydrogen) atoms. The number of fused-ring (bicyclic) bond motifs is 1. The lowest BCUT2D eigenvalue weighted by Gasteiger charge is -2.29. The molecule has 0 aromatic carbocycles. The first-order valence-electron chi connectivity index (χ1n) is 9.65. The highest BCUT2D eigenvalue weighted by Gasteiger charge is 2.60. The van der Waals surface area contributed by atoms with Gasteiger partial charge in [-0.3, -0.25) is 4.79 Å². The van der Waals surface area contributed by atoms with Gasteiger partial charge in [-0.2, -0.15) is 0 Å². The Morgan fingerprint density at radius 3 is 2.46 bits per heavy atom. The van der Waals surface area contributed by atoms with Gasteiger partial charge in [-0.25, -0.2) is 0 Å². The molecule has 0 amide bonds. The summed E-state index contributed by atoms with van der Waals surface area (Å²) in [5, 5.41) is 0. The number of rotatable bonds is 6. The summed E-state index contributed by atoms with van der Waals surface area (Å²) >= 11 is 0. The maximum atomic E-state index is 12.6. The normalized spacial score (nSPS) is 38.9. The number of ether oxygens (including phenoxy) is 6. The van der Waals surface area contributed by atoms with Crippen molar-refractivity contribution in [2.24, 2.45) is 5.92 Å². The first-order valence-corrected chi connectivity index (χ1v) is 9.65. The van der Waals surface area contributed by atoms with E-state index in [4.69, 9.17) is 28.4 Å². The molecular formula is C19H32O7. The molecule has 0 bridgehead atoms. The third-order valence-electron chi connectivity index (χ3n) is 5.07. The largest absolute Gasteiger partial charge is 0.456 e. The Bertz CT molecular complexity index is 518. The van der Waals surface area contributed by atoms with Crippen LogP contribution in [0.15, 0.2) is 0 Å². The fourth-order valence-electron chi connectivity index (χ4n) is 3.69. The van der Waals surface area contributed by atoms with E-state index in [-0.39, 0.29) is 18.0 Å². The molecule has 0 N–H and O–H groups in total. The Labute approximate surface area is 155 Å². The van der Waals surface area contributed by atoms with E-state index in [0.717, 1.165) is 19.3 Å². The Hall–Kier alpha value is -0.730. The lowest BCUT2D eigenvalue weighted by molar-refractivity contribution is -0.235. The van der Waals surface area contributed by atoms with Crippen molar-refractivity contribution in [2.75, 3.05) is 6.61 Å². The van der Waals surface area contributed by atoms with Crippen molar-refractivity contribution in [2.45, 2.75) is 103 Å². The number of hydrogen-bond donors (Lipinski definition) is 0. The fourth-order valence-corrected chi connectivity index (χ4v) is 3.69. The molecule has 3 fully saturated rings. The van der Waals surface area contributed by atoms with Gasteiger partial charge in [0.2, 0.25) is 0 Å². The van der Waals surface area contributed by atoms with Crippen LogP contribution in [0.4, 0.5) is 0 Å². The van der Waals surface area contributed by atoms with Crippen molar-refractivity contribution in [3.8, 4) is 0 Å². The quantitative estimate of drug-likeness (QED) is 0.664. The molecule has 0 spiro atoms. The monoisotopic (exact) mass is 372 g/mol. The molecule has 7 nitrogen and oxygen atoms in total. The second kappa shape index (κ2) is 7.36. The molecular weight excluding hydrogens is 340 g/mol. The van der Waals surface area contributed by atoms with E-state index in [1.165, 1.54) is 0 Å². The number of esters is 1. The molecule has 0 aliphatic carbocycles. The Balaban J connectivity index is 1.71. The molecule has 3 aliphatic heterocycles. The van der Waals surface area contributed by atoms with Crippen molar-refractivity contribution in [3.05, 3.63) is 0 Å². The Kier molecular flexibility index (Phi) is 5.66. The smallest absolute Gasteiger partial charge is 0.309 e. The summed E-state index contributed by atoms with van der Waals surface area (Å²) in [5.74, 6) is -1.85. The van der Waals surface area contributed by atoms with Gasteiger partial charge in [0.05, 0.1) is 12.5 Å². The topological polar surface area (TPSA) is 72.5 Å². The molecule has 0 aromatic heterocycles. The van der Waals surface area contributed by atoms with Crippen molar-refractivity contribution in [3.63, 3.8) is 0 Å². The van der Waals surface area contributed by atoms with Gasteiger partial charge in [-0.1, -0.05) is 26.7 Å². The van der Waals surface area contributed by atoms with Gasteiger partial charge in [0.1, 0.15) is 12.2 Å². The second-order valence-electron chi connectivity index (χ2n) is 8.38. The fraction of sp³-hybridized carbons (Fsp3) is 0.947. The van der Waals surface area contributed by atoms with E-state index in [1.807, 2.05) is 34.6 Å². The summed E-state index contributed by atoms with van der Waals surface area (Å²) in [6.45, 7) is 11.7. The van der Waals surface area contributed by atoms with Crippen LogP contribution >= 0.6 is 0 Å². The molecule has 3 aliphatic rings. The van der Waals surface area contributed by atoms with Crippen molar-refractivity contribution < 1.29 is 33.2 Å². The van der Waals surface area contributed by atoms with E-state index < -0.39 is 36.2 Å². The standard InChI is InChI=1S/C19H32O7/c1-7-8-9-11(2)16(20)22-14-13(12-10-21-18(3,4)24-12)23-17-15(14)25-19(5,6)26-17/h11-15,17H,7-10H2,1-6H3/t11-,12-,13+,14-,15-,17-/m1/s1. The lowest BCUT2D eigenvalue weighted by Crippen LogP contribution is -2.45. The van der Waals surface area contributed by atoms with Crippen LogP contribution < -0.4 is 0 Å². The SMILES string of the molecule is CCCC[C@@H](C)C(=O)O[C@@H]1[C@H]([C@H]2COC(C)(C)O2)O[C@@H]2OC(C)(C)O[C@@H]21. The van der Waals surface area contributed by atoms with Crippen LogP contribution in [0, 0.1) is 5.92 Å². The van der Waals surface area contributed by atoms with Crippen molar-refractivity contribution >= 4 is 5.97 Å². The van der Waals surface area contributed by atoms with Crippen molar-refractivity contribution in [1.29, 1.82) is 0 Å². The highest BCUT2D eigenvalue weighted by Crippen LogP contribution is 2.42. The highest BCUT2D eigenvalue weighted by molar-refractivity contribution is 5.72. The van der Waals surface area contributed by atoms with Gasteiger partial charge in [0.25, 0.3) is 0 Å². The number of unbranched alkanes of at least 4 members (excludes halogenated alkanes) is 1. The zero-order valence-electron chi connectivity index (χ0n) is 16.7. The molecule has 0 unspecified atom stereocenters. The zero-order chi connectivity index (χ0) is 19.1. The molecule has 6 atom stereocenters. The first-order chi connectivity index (χ1) is 12.1. The molecule has 0 radical (unpaired) electrons. The first kappa shape index (κ1) is 20.0. The van der Waals surface area contributed by atoms with Gasteiger partial charge >= 0.3 is 5.97 Å². The molecule has 3 heterocycles. The van der Waals surface area contributed by atoms with Crippen LogP contribution in [0.1, 0.15) is 60.8 Å². The van der Waals surface area contributed by atoms with E-state index in [2.05, 4.69) is 6.92 Å². The van der Waals surface area contributed by atoms with Gasteiger partial charge in [-0.15, -0.1) is 0 Å². The summed E-state index contributed by atoms with van der Waals surface area (Å²) in [5.41, 5.74) is 0. The van der Waals surface area contributed by atoms with E-state index in [9.17, 15) is 4.79 Å². The molecule has 3 saturated heterocycles. The molecule has 150 valence electrons. The van der Waals surface area contributed by atoms with Gasteiger partial charge in [0.15, 0.2) is 30.1 Å². The summed E-state index contributed by atoms with van der Waals surface area (Å²) in [6, 6.07) is 0. The van der Waals surface area contributed by atoms with Gasteiger partial charge in [0, 0.05) is 0 Å². The van der Waals surface area contributed by atoms with Crippen LogP contribution in [0.25, 0.3) is 0 Å². The number of carbonyl (C=O) groups excluding carboxylic acids is 1. The van der Waals surface area contributed by atoms with Crippen LogP contribution in [0.3, 0.4) is 0 Å². The average Bonchev–Trinajstić information content (AvgIpc) is 3.15. The van der Waals surface area contributed by atoms with Crippen LogP contribution in [-0.2, 0) is 33.2 Å².